The van der Waals surface area contributed by atoms with Crippen molar-refractivity contribution in [1.82, 2.24) is 16.0 Å². The summed E-state index contributed by atoms with van der Waals surface area (Å²) in [5.41, 5.74) is 0.963. The summed E-state index contributed by atoms with van der Waals surface area (Å²) in [6, 6.07) is 14.1. The van der Waals surface area contributed by atoms with Crippen molar-refractivity contribution in [2.45, 2.75) is 19.4 Å². The second kappa shape index (κ2) is 9.90. The van der Waals surface area contributed by atoms with Gasteiger partial charge in [0.1, 0.15) is 0 Å². The molecule has 1 atom stereocenters. The van der Waals surface area contributed by atoms with Crippen LogP contribution in [0, 0.1) is 0 Å². The highest BCUT2D eigenvalue weighted by Gasteiger charge is 2.09. The van der Waals surface area contributed by atoms with Crippen LogP contribution in [0.4, 0.5) is 0 Å². The fourth-order valence-corrected chi connectivity index (χ4v) is 2.29. The number of carbonyl (C=O) groups is 2. The van der Waals surface area contributed by atoms with E-state index in [1.807, 2.05) is 56.4 Å². The molecule has 2 rings (SSSR count). The lowest BCUT2D eigenvalue weighted by Gasteiger charge is -2.12. The molecule has 2 aromatic rings. The number of nitrogens with one attached hydrogen (secondary N) is 3. The van der Waals surface area contributed by atoms with E-state index in [0.717, 1.165) is 16.3 Å². The first-order valence-corrected chi connectivity index (χ1v) is 7.77. The monoisotopic (exact) mass is 349 g/mol. The molecule has 1 unspecified atom stereocenters. The summed E-state index contributed by atoms with van der Waals surface area (Å²) in [5.74, 6) is -0.337. The molecule has 2 amide bonds. The normalized spacial score (nSPS) is 11.4. The Kier molecular flexibility index (Phi) is 8.22. The van der Waals surface area contributed by atoms with Crippen molar-refractivity contribution >= 4 is 35.0 Å². The molecule has 0 spiro atoms. The van der Waals surface area contributed by atoms with Crippen LogP contribution in [0.2, 0.25) is 0 Å². The largest absolute Gasteiger partial charge is 0.353 e. The summed E-state index contributed by atoms with van der Waals surface area (Å²) in [4.78, 5) is 23.7. The third kappa shape index (κ3) is 5.83. The summed E-state index contributed by atoms with van der Waals surface area (Å²) in [7, 11) is 1.84. The van der Waals surface area contributed by atoms with E-state index in [9.17, 15) is 9.59 Å². The lowest BCUT2D eigenvalue weighted by Crippen LogP contribution is -2.42. The third-order valence-corrected chi connectivity index (χ3v) is 3.78. The van der Waals surface area contributed by atoms with Crippen molar-refractivity contribution in [3.63, 3.8) is 0 Å². The van der Waals surface area contributed by atoms with Crippen LogP contribution in [-0.4, -0.2) is 38.0 Å². The van der Waals surface area contributed by atoms with E-state index in [1.54, 1.807) is 0 Å². The van der Waals surface area contributed by atoms with Gasteiger partial charge in [-0.05, 0) is 30.3 Å². The molecule has 6 heteroatoms. The van der Waals surface area contributed by atoms with Crippen LogP contribution in [0.25, 0.3) is 10.8 Å². The van der Waals surface area contributed by atoms with Crippen molar-refractivity contribution in [3.05, 3.63) is 48.0 Å². The number of amides is 2. The van der Waals surface area contributed by atoms with Gasteiger partial charge in [-0.25, -0.2) is 0 Å². The van der Waals surface area contributed by atoms with E-state index >= 15 is 0 Å². The smallest absolute Gasteiger partial charge is 0.239 e. The molecule has 0 saturated carbocycles. The van der Waals surface area contributed by atoms with E-state index in [-0.39, 0.29) is 43.2 Å². The summed E-state index contributed by atoms with van der Waals surface area (Å²) >= 11 is 0. The molecule has 0 aromatic heterocycles. The Bertz CT molecular complexity index is 686. The Morgan fingerprint density at radius 1 is 1.00 bits per heavy atom. The number of halogens is 1. The van der Waals surface area contributed by atoms with Gasteiger partial charge in [0.15, 0.2) is 0 Å². The quantitative estimate of drug-likeness (QED) is 0.711. The molecule has 3 N–H and O–H groups in total. The third-order valence-electron chi connectivity index (χ3n) is 3.78. The molecule has 0 fully saturated rings. The Morgan fingerprint density at radius 2 is 1.71 bits per heavy atom. The molecule has 2 aromatic carbocycles. The van der Waals surface area contributed by atoms with Crippen molar-refractivity contribution < 1.29 is 9.59 Å². The lowest BCUT2D eigenvalue weighted by molar-refractivity contribution is -0.125. The molecule has 130 valence electrons. The minimum absolute atomic E-state index is 0. The van der Waals surface area contributed by atoms with Gasteiger partial charge in [-0.3, -0.25) is 9.59 Å². The van der Waals surface area contributed by atoms with Crippen LogP contribution in [-0.2, 0) is 16.0 Å². The topological polar surface area (TPSA) is 70.2 Å². The lowest BCUT2D eigenvalue weighted by atomic mass is 10.0. The minimum atomic E-state index is -0.182. The first-order chi connectivity index (χ1) is 11.1. The predicted octanol–water partition coefficient (Wildman–Crippen LogP) is 1.64. The fourth-order valence-electron chi connectivity index (χ4n) is 2.29. The van der Waals surface area contributed by atoms with Crippen LogP contribution in [0.15, 0.2) is 42.5 Å². The minimum Gasteiger partial charge on any atom is -0.353 e. The molecule has 0 aliphatic rings. The van der Waals surface area contributed by atoms with E-state index in [4.69, 9.17) is 0 Å². The first kappa shape index (κ1) is 19.9. The van der Waals surface area contributed by atoms with E-state index in [0.29, 0.717) is 6.54 Å². The van der Waals surface area contributed by atoms with Gasteiger partial charge in [-0.15, -0.1) is 12.4 Å². The van der Waals surface area contributed by atoms with E-state index < -0.39 is 0 Å². The molecule has 0 aliphatic heterocycles. The summed E-state index contributed by atoms with van der Waals surface area (Å²) in [6.07, 6.45) is 0.265. The number of benzene rings is 2. The average Bonchev–Trinajstić information content (AvgIpc) is 2.58. The number of fused-ring (bicyclic) bond motifs is 1. The maximum atomic E-state index is 12.1. The standard InChI is InChI=1S/C18H23N3O2.ClH/c1-13(19-2)11-20-18(23)12-21-17(22)10-15-8-5-7-14-6-3-4-9-16(14)15;/h3-9,13,19H,10-12H2,1-2H3,(H,20,23)(H,21,22);1H. The first-order valence-electron chi connectivity index (χ1n) is 7.77. The zero-order valence-electron chi connectivity index (χ0n) is 14.0. The van der Waals surface area contributed by atoms with E-state index in [1.165, 1.54) is 0 Å². The zero-order valence-corrected chi connectivity index (χ0v) is 14.8. The molecule has 0 bridgehead atoms. The number of hydrogen-bond donors (Lipinski definition) is 3. The van der Waals surface area contributed by atoms with Gasteiger partial charge in [0, 0.05) is 12.6 Å². The van der Waals surface area contributed by atoms with Crippen LogP contribution in [0.1, 0.15) is 12.5 Å². The SMILES string of the molecule is CNC(C)CNC(=O)CNC(=O)Cc1cccc2ccccc12.Cl. The van der Waals surface area contributed by atoms with Gasteiger partial charge >= 0.3 is 0 Å². The molecule has 0 aliphatic carbocycles. The predicted molar refractivity (Wildman–Crippen MR) is 99.4 cm³/mol. The number of rotatable bonds is 7. The maximum Gasteiger partial charge on any atom is 0.239 e. The second-order valence-electron chi connectivity index (χ2n) is 5.59. The van der Waals surface area contributed by atoms with Gasteiger partial charge in [0.05, 0.1) is 13.0 Å². The van der Waals surface area contributed by atoms with Crippen LogP contribution in [0.3, 0.4) is 0 Å². The van der Waals surface area contributed by atoms with E-state index in [2.05, 4.69) is 16.0 Å². The molecule has 0 saturated heterocycles. The molecule has 5 nitrogen and oxygen atoms in total. The summed E-state index contributed by atoms with van der Waals surface area (Å²) in [6.45, 7) is 2.51. The maximum absolute atomic E-state index is 12.1. The number of carbonyl (C=O) groups excluding carboxylic acids is 2. The Morgan fingerprint density at radius 3 is 2.46 bits per heavy atom. The van der Waals surface area contributed by atoms with Gasteiger partial charge in [0.2, 0.25) is 11.8 Å². The van der Waals surface area contributed by atoms with Crippen molar-refractivity contribution in [2.24, 2.45) is 0 Å². The van der Waals surface area contributed by atoms with Gasteiger partial charge < -0.3 is 16.0 Å². The second-order valence-corrected chi connectivity index (χ2v) is 5.59. The Labute approximate surface area is 148 Å². The Balaban J connectivity index is 0.00000288. The Hall–Kier alpha value is -2.11. The highest BCUT2D eigenvalue weighted by Crippen LogP contribution is 2.18. The zero-order chi connectivity index (χ0) is 16.7. The summed E-state index contributed by atoms with van der Waals surface area (Å²) in [5, 5.41) is 10.6. The van der Waals surface area contributed by atoms with Gasteiger partial charge in [-0.1, -0.05) is 42.5 Å². The van der Waals surface area contributed by atoms with Crippen molar-refractivity contribution in [1.29, 1.82) is 0 Å². The van der Waals surface area contributed by atoms with Crippen LogP contribution < -0.4 is 16.0 Å². The highest BCUT2D eigenvalue weighted by molar-refractivity contribution is 5.91. The molecule has 0 radical (unpaired) electrons. The number of likely N-dealkylation sites (N-methyl/N-ethyl adjacent to an activating group) is 1. The van der Waals surface area contributed by atoms with Crippen molar-refractivity contribution in [3.8, 4) is 0 Å². The highest BCUT2D eigenvalue weighted by atomic mass is 35.5. The van der Waals surface area contributed by atoms with Gasteiger partial charge in [-0.2, -0.15) is 0 Å². The molecular weight excluding hydrogens is 326 g/mol. The van der Waals surface area contributed by atoms with Crippen molar-refractivity contribution in [2.75, 3.05) is 20.1 Å². The fraction of sp³-hybridized carbons (Fsp3) is 0.333. The number of hydrogen-bond acceptors (Lipinski definition) is 3. The van der Waals surface area contributed by atoms with Crippen LogP contribution in [0.5, 0.6) is 0 Å². The molecule has 24 heavy (non-hydrogen) atoms. The van der Waals surface area contributed by atoms with Crippen LogP contribution >= 0.6 is 12.4 Å². The van der Waals surface area contributed by atoms with Gasteiger partial charge in [0.25, 0.3) is 0 Å². The molecular formula is C18H24ClN3O2. The average molecular weight is 350 g/mol. The summed E-state index contributed by atoms with van der Waals surface area (Å²) < 4.78 is 0. The molecule has 0 heterocycles.